The zero-order chi connectivity index (χ0) is 11.4. The largest absolute Gasteiger partial charge is 0.408 e. The first-order valence-corrected chi connectivity index (χ1v) is 5.63. The molecular formula is C10H18N4O2. The number of methoxy groups -OCH3 is 1. The molecule has 0 aliphatic carbocycles. The summed E-state index contributed by atoms with van der Waals surface area (Å²) in [6.45, 7) is 2.35. The van der Waals surface area contributed by atoms with E-state index in [1.807, 2.05) is 0 Å². The SMILES string of the molecule is COC1CCN(c2nnc(CCN)o2)CC1. The average molecular weight is 226 g/mol. The van der Waals surface area contributed by atoms with Gasteiger partial charge in [-0.1, -0.05) is 5.10 Å². The molecular weight excluding hydrogens is 208 g/mol. The third-order valence-corrected chi connectivity index (χ3v) is 2.86. The Balaban J connectivity index is 1.92. The van der Waals surface area contributed by atoms with Crippen LogP contribution in [0, 0.1) is 0 Å². The highest BCUT2D eigenvalue weighted by atomic mass is 16.5. The van der Waals surface area contributed by atoms with E-state index >= 15 is 0 Å². The minimum Gasteiger partial charge on any atom is -0.408 e. The van der Waals surface area contributed by atoms with E-state index in [1.54, 1.807) is 7.11 Å². The van der Waals surface area contributed by atoms with E-state index in [2.05, 4.69) is 15.1 Å². The standard InChI is InChI=1S/C10H18N4O2/c1-15-8-3-6-14(7-4-8)10-13-12-9(16-10)2-5-11/h8H,2-7,11H2,1H3. The van der Waals surface area contributed by atoms with E-state index in [4.69, 9.17) is 14.9 Å². The summed E-state index contributed by atoms with van der Waals surface area (Å²) >= 11 is 0. The number of ether oxygens (including phenoxy) is 1. The smallest absolute Gasteiger partial charge is 0.318 e. The van der Waals surface area contributed by atoms with Crippen LogP contribution in [-0.2, 0) is 11.2 Å². The Morgan fingerprint density at radius 3 is 2.81 bits per heavy atom. The maximum Gasteiger partial charge on any atom is 0.318 e. The van der Waals surface area contributed by atoms with Gasteiger partial charge >= 0.3 is 6.01 Å². The molecule has 0 spiro atoms. The fourth-order valence-electron chi connectivity index (χ4n) is 1.88. The molecule has 6 heteroatoms. The topological polar surface area (TPSA) is 77.4 Å². The Hall–Kier alpha value is -1.14. The van der Waals surface area contributed by atoms with Crippen molar-refractivity contribution in [3.05, 3.63) is 5.89 Å². The lowest BCUT2D eigenvalue weighted by molar-refractivity contribution is 0.0810. The normalized spacial score (nSPS) is 18.0. The second-order valence-electron chi connectivity index (χ2n) is 3.94. The van der Waals surface area contributed by atoms with E-state index in [0.717, 1.165) is 25.9 Å². The second kappa shape index (κ2) is 5.27. The van der Waals surface area contributed by atoms with Gasteiger partial charge in [-0.3, -0.25) is 0 Å². The maximum absolute atomic E-state index is 5.52. The lowest BCUT2D eigenvalue weighted by Crippen LogP contribution is -2.36. The van der Waals surface area contributed by atoms with Crippen molar-refractivity contribution >= 4 is 6.01 Å². The number of anilines is 1. The fraction of sp³-hybridized carbons (Fsp3) is 0.800. The van der Waals surface area contributed by atoms with Gasteiger partial charge in [0.15, 0.2) is 0 Å². The highest BCUT2D eigenvalue weighted by molar-refractivity contribution is 5.24. The van der Waals surface area contributed by atoms with Gasteiger partial charge < -0.3 is 19.8 Å². The van der Waals surface area contributed by atoms with Gasteiger partial charge in [0.1, 0.15) is 0 Å². The van der Waals surface area contributed by atoms with Crippen LogP contribution in [0.4, 0.5) is 6.01 Å². The number of aromatic nitrogens is 2. The Labute approximate surface area is 94.8 Å². The lowest BCUT2D eigenvalue weighted by atomic mass is 10.1. The summed E-state index contributed by atoms with van der Waals surface area (Å²) in [6, 6.07) is 0.609. The van der Waals surface area contributed by atoms with Crippen molar-refractivity contribution in [2.75, 3.05) is 31.6 Å². The van der Waals surface area contributed by atoms with Gasteiger partial charge in [0, 0.05) is 33.2 Å². The van der Waals surface area contributed by atoms with Crippen molar-refractivity contribution < 1.29 is 9.15 Å². The van der Waals surface area contributed by atoms with E-state index in [1.165, 1.54) is 0 Å². The highest BCUT2D eigenvalue weighted by Crippen LogP contribution is 2.19. The van der Waals surface area contributed by atoms with Crippen LogP contribution >= 0.6 is 0 Å². The van der Waals surface area contributed by atoms with E-state index in [-0.39, 0.29) is 0 Å². The van der Waals surface area contributed by atoms with Gasteiger partial charge in [-0.2, -0.15) is 0 Å². The molecule has 0 radical (unpaired) electrons. The molecule has 0 aromatic carbocycles. The van der Waals surface area contributed by atoms with Crippen LogP contribution in [0.2, 0.25) is 0 Å². The molecule has 2 heterocycles. The van der Waals surface area contributed by atoms with Crippen molar-refractivity contribution in [3.8, 4) is 0 Å². The van der Waals surface area contributed by atoms with E-state index < -0.39 is 0 Å². The average Bonchev–Trinajstić information content (AvgIpc) is 2.78. The fourth-order valence-corrected chi connectivity index (χ4v) is 1.88. The number of hydrogen-bond acceptors (Lipinski definition) is 6. The zero-order valence-corrected chi connectivity index (χ0v) is 9.56. The van der Waals surface area contributed by atoms with Gasteiger partial charge in [0.2, 0.25) is 5.89 Å². The first kappa shape index (κ1) is 11.3. The molecule has 1 fully saturated rings. The summed E-state index contributed by atoms with van der Waals surface area (Å²) in [5.74, 6) is 0.617. The first-order chi connectivity index (χ1) is 7.83. The second-order valence-corrected chi connectivity index (χ2v) is 3.94. The van der Waals surface area contributed by atoms with Crippen LogP contribution in [0.25, 0.3) is 0 Å². The maximum atomic E-state index is 5.52. The predicted molar refractivity (Wildman–Crippen MR) is 59.3 cm³/mol. The third-order valence-electron chi connectivity index (χ3n) is 2.86. The minimum atomic E-state index is 0.364. The quantitative estimate of drug-likeness (QED) is 0.789. The summed E-state index contributed by atoms with van der Waals surface area (Å²) < 4.78 is 10.8. The molecule has 1 aromatic heterocycles. The first-order valence-electron chi connectivity index (χ1n) is 5.63. The van der Waals surface area contributed by atoms with Crippen LogP contribution in [0.3, 0.4) is 0 Å². The number of nitrogens with zero attached hydrogens (tertiary/aromatic N) is 3. The zero-order valence-electron chi connectivity index (χ0n) is 9.56. The van der Waals surface area contributed by atoms with Gasteiger partial charge in [0.05, 0.1) is 6.10 Å². The number of piperidine rings is 1. The Morgan fingerprint density at radius 2 is 2.19 bits per heavy atom. The van der Waals surface area contributed by atoms with Crippen molar-refractivity contribution in [3.63, 3.8) is 0 Å². The van der Waals surface area contributed by atoms with E-state index in [9.17, 15) is 0 Å². The Kier molecular flexibility index (Phi) is 3.74. The van der Waals surface area contributed by atoms with Crippen molar-refractivity contribution in [2.24, 2.45) is 5.73 Å². The molecule has 2 N–H and O–H groups in total. The van der Waals surface area contributed by atoms with Gasteiger partial charge in [-0.05, 0) is 12.8 Å². The molecule has 0 saturated carbocycles. The van der Waals surface area contributed by atoms with Crippen LogP contribution in [-0.4, -0.2) is 43.0 Å². The van der Waals surface area contributed by atoms with Crippen molar-refractivity contribution in [1.82, 2.24) is 10.2 Å². The van der Waals surface area contributed by atoms with Crippen LogP contribution in [0.15, 0.2) is 4.42 Å². The molecule has 0 atom stereocenters. The monoisotopic (exact) mass is 226 g/mol. The Bertz CT molecular complexity index is 320. The molecule has 90 valence electrons. The van der Waals surface area contributed by atoms with Crippen LogP contribution in [0.1, 0.15) is 18.7 Å². The van der Waals surface area contributed by atoms with Crippen molar-refractivity contribution in [1.29, 1.82) is 0 Å². The molecule has 0 bridgehead atoms. The van der Waals surface area contributed by atoms with Gasteiger partial charge in [0.25, 0.3) is 0 Å². The van der Waals surface area contributed by atoms with Crippen LogP contribution in [0.5, 0.6) is 0 Å². The molecule has 16 heavy (non-hydrogen) atoms. The molecule has 1 aliphatic heterocycles. The highest BCUT2D eigenvalue weighted by Gasteiger charge is 2.22. The Morgan fingerprint density at radius 1 is 1.44 bits per heavy atom. The van der Waals surface area contributed by atoms with Gasteiger partial charge in [-0.15, -0.1) is 5.10 Å². The minimum absolute atomic E-state index is 0.364. The summed E-state index contributed by atoms with van der Waals surface area (Å²) in [6.07, 6.45) is 3.01. The molecule has 0 unspecified atom stereocenters. The predicted octanol–water partition coefficient (Wildman–Crippen LogP) is 0.186. The van der Waals surface area contributed by atoms with Crippen molar-refractivity contribution in [2.45, 2.75) is 25.4 Å². The van der Waals surface area contributed by atoms with E-state index in [0.29, 0.717) is 31.0 Å². The molecule has 1 aliphatic rings. The molecule has 6 nitrogen and oxygen atoms in total. The lowest BCUT2D eigenvalue weighted by Gasteiger charge is -2.29. The molecule has 1 aromatic rings. The third kappa shape index (κ3) is 2.51. The van der Waals surface area contributed by atoms with Crippen LogP contribution < -0.4 is 10.6 Å². The summed E-state index contributed by atoms with van der Waals surface area (Å²) in [4.78, 5) is 2.10. The summed E-state index contributed by atoms with van der Waals surface area (Å²) in [5, 5.41) is 7.97. The summed E-state index contributed by atoms with van der Waals surface area (Å²) in [7, 11) is 1.76. The molecule has 2 rings (SSSR count). The molecule has 1 saturated heterocycles. The number of nitrogens with two attached hydrogens (primary N) is 1. The summed E-state index contributed by atoms with van der Waals surface area (Å²) in [5.41, 5.74) is 5.43. The number of rotatable bonds is 4. The molecule has 0 amide bonds. The van der Waals surface area contributed by atoms with Gasteiger partial charge in [-0.25, -0.2) is 0 Å². The number of hydrogen-bond donors (Lipinski definition) is 1.